The Labute approximate surface area is 95.9 Å². The lowest BCUT2D eigenvalue weighted by Gasteiger charge is -2.33. The van der Waals surface area contributed by atoms with Gasteiger partial charge in [-0.2, -0.15) is 0 Å². The molecule has 1 heterocycles. The van der Waals surface area contributed by atoms with E-state index in [1.807, 2.05) is 20.8 Å². The van der Waals surface area contributed by atoms with Crippen LogP contribution in [0.4, 0.5) is 4.79 Å². The van der Waals surface area contributed by atoms with Crippen molar-refractivity contribution in [3.8, 4) is 0 Å². The van der Waals surface area contributed by atoms with E-state index in [2.05, 4.69) is 0 Å². The van der Waals surface area contributed by atoms with Crippen LogP contribution < -0.4 is 0 Å². The van der Waals surface area contributed by atoms with Crippen LogP contribution in [0, 0.1) is 5.92 Å². The number of fused-ring (bicyclic) bond motifs is 2. The summed E-state index contributed by atoms with van der Waals surface area (Å²) >= 11 is 0. The lowest BCUT2D eigenvalue weighted by molar-refractivity contribution is -0.126. The Kier molecular flexibility index (Phi) is 2.68. The third kappa shape index (κ3) is 2.20. The first-order chi connectivity index (χ1) is 7.37. The molecule has 1 aliphatic carbocycles. The maximum absolute atomic E-state index is 11.9. The minimum atomic E-state index is -0.490. The number of hydrogen-bond acceptors (Lipinski definition) is 3. The molecular weight excluding hydrogens is 206 g/mol. The van der Waals surface area contributed by atoms with Crippen molar-refractivity contribution >= 4 is 11.9 Å². The number of piperidine rings is 1. The van der Waals surface area contributed by atoms with Gasteiger partial charge >= 0.3 is 6.09 Å². The summed E-state index contributed by atoms with van der Waals surface area (Å²) in [7, 11) is 0. The highest BCUT2D eigenvalue weighted by atomic mass is 16.6. The summed E-state index contributed by atoms with van der Waals surface area (Å²) < 4.78 is 5.31. The van der Waals surface area contributed by atoms with Gasteiger partial charge in [0, 0.05) is 12.0 Å². The zero-order valence-electron chi connectivity index (χ0n) is 10.2. The number of carbonyl (C=O) groups excluding carboxylic acids is 2. The van der Waals surface area contributed by atoms with Gasteiger partial charge in [0.15, 0.2) is 5.78 Å². The maximum atomic E-state index is 11.9. The molecule has 2 fully saturated rings. The molecule has 2 atom stereocenters. The van der Waals surface area contributed by atoms with Crippen molar-refractivity contribution < 1.29 is 14.3 Å². The van der Waals surface area contributed by atoms with Crippen LogP contribution in [0.25, 0.3) is 0 Å². The highest BCUT2D eigenvalue weighted by Crippen LogP contribution is 2.35. The normalized spacial score (nSPS) is 29.4. The van der Waals surface area contributed by atoms with E-state index < -0.39 is 5.60 Å². The van der Waals surface area contributed by atoms with Crippen molar-refractivity contribution in [3.63, 3.8) is 0 Å². The average Bonchev–Trinajstić information content (AvgIpc) is 2.54. The van der Waals surface area contributed by atoms with Crippen molar-refractivity contribution in [2.45, 2.75) is 51.7 Å². The van der Waals surface area contributed by atoms with E-state index in [0.29, 0.717) is 0 Å². The second-order valence-corrected chi connectivity index (χ2v) is 5.74. The molecule has 1 aliphatic heterocycles. The third-order valence-corrected chi connectivity index (χ3v) is 3.26. The van der Waals surface area contributed by atoms with Crippen LogP contribution in [-0.2, 0) is 9.53 Å². The van der Waals surface area contributed by atoms with Gasteiger partial charge in [-0.25, -0.2) is 4.79 Å². The lowest BCUT2D eigenvalue weighted by Crippen LogP contribution is -2.48. The molecule has 0 aromatic rings. The summed E-state index contributed by atoms with van der Waals surface area (Å²) in [6.45, 7) is 5.76. The monoisotopic (exact) mass is 225 g/mol. The second kappa shape index (κ2) is 3.75. The fourth-order valence-corrected chi connectivity index (χ4v) is 2.49. The number of amides is 1. The molecule has 1 saturated heterocycles. The molecule has 0 aromatic heterocycles. The molecule has 1 amide bonds. The van der Waals surface area contributed by atoms with Crippen molar-refractivity contribution in [3.05, 3.63) is 0 Å². The standard InChI is InChI=1S/C12H19NO3/c1-12(2,3)16-11(15)13-7-10(14)8-4-5-9(13)6-8/h8-9H,4-7H2,1-3H3. The van der Waals surface area contributed by atoms with Crippen LogP contribution in [-0.4, -0.2) is 35.0 Å². The number of Topliss-reactive ketones (excluding diaryl/α,β-unsaturated/α-hetero) is 1. The van der Waals surface area contributed by atoms with Crippen LogP contribution in [0.2, 0.25) is 0 Å². The van der Waals surface area contributed by atoms with E-state index >= 15 is 0 Å². The first-order valence-corrected chi connectivity index (χ1v) is 5.89. The molecule has 1 saturated carbocycles. The molecule has 4 heteroatoms. The van der Waals surface area contributed by atoms with E-state index in [0.717, 1.165) is 19.3 Å². The maximum Gasteiger partial charge on any atom is 0.410 e. The van der Waals surface area contributed by atoms with Gasteiger partial charge in [0.05, 0.1) is 6.54 Å². The molecular formula is C12H19NO3. The Morgan fingerprint density at radius 3 is 2.69 bits per heavy atom. The van der Waals surface area contributed by atoms with E-state index in [-0.39, 0.29) is 30.4 Å². The fourth-order valence-electron chi connectivity index (χ4n) is 2.49. The van der Waals surface area contributed by atoms with Gasteiger partial charge in [0.2, 0.25) is 0 Å². The van der Waals surface area contributed by atoms with Gasteiger partial charge in [-0.05, 0) is 40.0 Å². The lowest BCUT2D eigenvalue weighted by atomic mass is 9.98. The average molecular weight is 225 g/mol. The SMILES string of the molecule is CC(C)(C)OC(=O)N1CC(=O)C2CCC1C2. The molecule has 0 spiro atoms. The molecule has 0 radical (unpaired) electrons. The number of hydrogen-bond donors (Lipinski definition) is 0. The Balaban J connectivity index is 2.04. The third-order valence-electron chi connectivity index (χ3n) is 3.26. The Morgan fingerprint density at radius 2 is 2.06 bits per heavy atom. The predicted octanol–water partition coefficient (Wildman–Crippen LogP) is 1.97. The van der Waals surface area contributed by atoms with Gasteiger partial charge in [-0.1, -0.05) is 0 Å². The van der Waals surface area contributed by atoms with Gasteiger partial charge in [0.1, 0.15) is 5.60 Å². The molecule has 2 aliphatic rings. The van der Waals surface area contributed by atoms with Gasteiger partial charge in [0.25, 0.3) is 0 Å². The number of likely N-dealkylation sites (tertiary alicyclic amines) is 1. The van der Waals surface area contributed by atoms with Crippen LogP contribution >= 0.6 is 0 Å². The zero-order valence-corrected chi connectivity index (χ0v) is 10.2. The summed E-state index contributed by atoms with van der Waals surface area (Å²) in [4.78, 5) is 25.2. The Hall–Kier alpha value is -1.06. The minimum absolute atomic E-state index is 0.194. The fraction of sp³-hybridized carbons (Fsp3) is 0.833. The number of nitrogens with zero attached hydrogens (tertiary/aromatic N) is 1. The number of ketones is 1. The van der Waals surface area contributed by atoms with Crippen molar-refractivity contribution in [1.29, 1.82) is 0 Å². The second-order valence-electron chi connectivity index (χ2n) is 5.74. The van der Waals surface area contributed by atoms with E-state index in [9.17, 15) is 9.59 Å². The van der Waals surface area contributed by atoms with Crippen LogP contribution in [0.3, 0.4) is 0 Å². The molecule has 16 heavy (non-hydrogen) atoms. The molecule has 2 rings (SSSR count). The Bertz CT molecular complexity index is 319. The van der Waals surface area contributed by atoms with Gasteiger partial charge in [-0.15, -0.1) is 0 Å². The largest absolute Gasteiger partial charge is 0.444 e. The first-order valence-electron chi connectivity index (χ1n) is 5.89. The topological polar surface area (TPSA) is 46.6 Å². The first kappa shape index (κ1) is 11.4. The highest BCUT2D eigenvalue weighted by molar-refractivity contribution is 5.88. The summed E-state index contributed by atoms with van der Waals surface area (Å²) in [5, 5.41) is 0. The van der Waals surface area contributed by atoms with Crippen molar-refractivity contribution in [2.75, 3.05) is 6.54 Å². The molecule has 2 unspecified atom stereocenters. The van der Waals surface area contributed by atoms with Crippen molar-refractivity contribution in [2.24, 2.45) is 5.92 Å². The summed E-state index contributed by atoms with van der Waals surface area (Å²) in [5.74, 6) is 0.392. The van der Waals surface area contributed by atoms with Crippen LogP contribution in [0.5, 0.6) is 0 Å². The highest BCUT2D eigenvalue weighted by Gasteiger charge is 2.42. The summed E-state index contributed by atoms with van der Waals surface area (Å²) in [6, 6.07) is 0.220. The molecule has 2 bridgehead atoms. The molecule has 0 aromatic carbocycles. The van der Waals surface area contributed by atoms with Crippen LogP contribution in [0.1, 0.15) is 40.0 Å². The molecule has 0 N–H and O–H groups in total. The van der Waals surface area contributed by atoms with E-state index in [4.69, 9.17) is 4.74 Å². The smallest absolute Gasteiger partial charge is 0.410 e. The quantitative estimate of drug-likeness (QED) is 0.633. The van der Waals surface area contributed by atoms with Crippen LogP contribution in [0.15, 0.2) is 0 Å². The van der Waals surface area contributed by atoms with E-state index in [1.54, 1.807) is 4.90 Å². The molecule has 4 nitrogen and oxygen atoms in total. The van der Waals surface area contributed by atoms with E-state index in [1.165, 1.54) is 0 Å². The van der Waals surface area contributed by atoms with Gasteiger partial charge < -0.3 is 4.74 Å². The predicted molar refractivity (Wildman–Crippen MR) is 59.1 cm³/mol. The Morgan fingerprint density at radius 1 is 1.38 bits per heavy atom. The number of rotatable bonds is 0. The summed E-state index contributed by atoms with van der Waals surface area (Å²) in [6.07, 6.45) is 2.36. The van der Waals surface area contributed by atoms with Gasteiger partial charge in [-0.3, -0.25) is 9.69 Å². The molecule has 90 valence electrons. The number of carbonyl (C=O) groups is 2. The minimum Gasteiger partial charge on any atom is -0.444 e. The summed E-state index contributed by atoms with van der Waals surface area (Å²) in [5.41, 5.74) is -0.490. The number of ether oxygens (including phenoxy) is 1. The van der Waals surface area contributed by atoms with Crippen molar-refractivity contribution in [1.82, 2.24) is 4.90 Å². The zero-order chi connectivity index (χ0) is 11.9.